The molecule has 2 aliphatic carbocycles. The number of ether oxygens (including phenoxy) is 1. The third-order valence-electron chi connectivity index (χ3n) is 4.96. The molecule has 2 aromatic rings. The lowest BCUT2D eigenvalue weighted by atomic mass is 9.90. The number of nitrogens with two attached hydrogens (primary N) is 1. The molecular weight excluding hydrogens is 364 g/mol. The maximum Gasteiger partial charge on any atom is 0.283 e. The highest BCUT2D eigenvalue weighted by Gasteiger charge is 2.22. The van der Waals surface area contributed by atoms with Crippen molar-refractivity contribution >= 4 is 34.0 Å². The number of nitrogens with zero attached hydrogens (tertiary/aromatic N) is 3. The Balaban J connectivity index is 1.77. The second kappa shape index (κ2) is 7.11. The highest BCUT2D eigenvalue weighted by atomic mass is 32.1. The van der Waals surface area contributed by atoms with Crippen molar-refractivity contribution in [2.24, 2.45) is 0 Å². The Labute approximate surface area is 159 Å². The fourth-order valence-electron chi connectivity index (χ4n) is 3.49. The molecule has 2 aromatic heterocycles. The summed E-state index contributed by atoms with van der Waals surface area (Å²) in [7, 11) is 1.43. The summed E-state index contributed by atoms with van der Waals surface area (Å²) < 4.78 is 6.61. The maximum absolute atomic E-state index is 12.5. The number of methoxy groups -OCH3 is 1. The number of nitrogen functional groups attached to an aromatic ring is 1. The Bertz CT molecular complexity index is 1050. The van der Waals surface area contributed by atoms with E-state index in [2.05, 4.69) is 10.1 Å². The lowest BCUT2D eigenvalue weighted by molar-refractivity contribution is -0.114. The number of allylic oxidation sites excluding steroid dienone is 4. The predicted molar refractivity (Wildman–Crippen MR) is 105 cm³/mol. The van der Waals surface area contributed by atoms with Gasteiger partial charge in [-0.1, -0.05) is 36.7 Å². The first kappa shape index (κ1) is 17.7. The number of aromatic nitrogens is 3. The van der Waals surface area contributed by atoms with Crippen LogP contribution >= 0.6 is 11.3 Å². The van der Waals surface area contributed by atoms with E-state index >= 15 is 0 Å². The van der Waals surface area contributed by atoms with E-state index in [1.54, 1.807) is 22.7 Å². The molecule has 1 saturated carbocycles. The molecule has 1 fully saturated rings. The zero-order chi connectivity index (χ0) is 19.0. The third kappa shape index (κ3) is 3.32. The van der Waals surface area contributed by atoms with Crippen LogP contribution in [0, 0.1) is 0 Å². The molecule has 140 valence electrons. The van der Waals surface area contributed by atoms with Crippen LogP contribution < -0.4 is 11.3 Å². The molecule has 4 rings (SSSR count). The van der Waals surface area contributed by atoms with Crippen LogP contribution in [0.15, 0.2) is 34.4 Å². The molecule has 0 bridgehead atoms. The van der Waals surface area contributed by atoms with Gasteiger partial charge in [-0.15, -0.1) is 0 Å². The van der Waals surface area contributed by atoms with E-state index in [9.17, 15) is 9.59 Å². The highest BCUT2D eigenvalue weighted by molar-refractivity contribution is 7.16. The van der Waals surface area contributed by atoms with Crippen LogP contribution in [0.5, 0.6) is 0 Å². The highest BCUT2D eigenvalue weighted by Crippen LogP contribution is 2.35. The topological polar surface area (TPSA) is 99.6 Å². The van der Waals surface area contributed by atoms with Crippen molar-refractivity contribution in [3.8, 4) is 0 Å². The number of fused-ring (bicyclic) bond motifs is 1. The first-order chi connectivity index (χ1) is 13.1. The molecule has 0 radical (unpaired) electrons. The summed E-state index contributed by atoms with van der Waals surface area (Å²) in [6.45, 7) is 0. The molecule has 2 N–H and O–H groups in total. The molecule has 0 aliphatic heterocycles. The van der Waals surface area contributed by atoms with Crippen molar-refractivity contribution in [2.75, 3.05) is 12.8 Å². The van der Waals surface area contributed by atoms with Crippen LogP contribution in [0.3, 0.4) is 0 Å². The van der Waals surface area contributed by atoms with Gasteiger partial charge in [0.2, 0.25) is 10.7 Å². The molecule has 27 heavy (non-hydrogen) atoms. The molecule has 8 heteroatoms. The molecule has 0 saturated heterocycles. The van der Waals surface area contributed by atoms with Gasteiger partial charge in [0.1, 0.15) is 10.8 Å². The van der Waals surface area contributed by atoms with E-state index in [1.807, 2.05) is 0 Å². The largest absolute Gasteiger partial charge is 0.493 e. The zero-order valence-corrected chi connectivity index (χ0v) is 15.8. The summed E-state index contributed by atoms with van der Waals surface area (Å²) >= 11 is 1.44. The minimum absolute atomic E-state index is 0.213. The summed E-state index contributed by atoms with van der Waals surface area (Å²) in [5, 5.41) is 5.63. The molecule has 0 spiro atoms. The Morgan fingerprint density at radius 2 is 2.04 bits per heavy atom. The Hall–Kier alpha value is -2.74. The van der Waals surface area contributed by atoms with Crippen molar-refractivity contribution in [3.05, 3.63) is 50.5 Å². The minimum atomic E-state index is -0.406. The molecule has 0 aromatic carbocycles. The number of carbonyl (C=O) groups is 1. The van der Waals surface area contributed by atoms with Crippen molar-refractivity contribution in [1.82, 2.24) is 14.6 Å². The number of ketones is 1. The Kier molecular flexibility index (Phi) is 4.65. The summed E-state index contributed by atoms with van der Waals surface area (Å²) in [5.41, 5.74) is 6.74. The number of carbonyl (C=O) groups excluding carboxylic acids is 1. The predicted octanol–water partition coefficient (Wildman–Crippen LogP) is 2.83. The van der Waals surface area contributed by atoms with Crippen molar-refractivity contribution in [1.29, 1.82) is 0 Å². The number of rotatable bonds is 3. The fraction of sp³-hybridized carbons (Fsp3) is 0.368. The molecule has 2 aliphatic rings. The monoisotopic (exact) mass is 384 g/mol. The second-order valence-corrected chi connectivity index (χ2v) is 7.73. The summed E-state index contributed by atoms with van der Waals surface area (Å²) in [5.74, 6) is 0.670. The van der Waals surface area contributed by atoms with Gasteiger partial charge < -0.3 is 10.5 Å². The van der Waals surface area contributed by atoms with E-state index in [-0.39, 0.29) is 22.9 Å². The SMILES string of the molecule is COC1=CC(=Cc2c(N)n3nc(C4CCCCC4)sc3nc2=O)C=CC1=O. The first-order valence-corrected chi connectivity index (χ1v) is 9.77. The van der Waals surface area contributed by atoms with E-state index < -0.39 is 5.56 Å². The Morgan fingerprint density at radius 1 is 1.26 bits per heavy atom. The van der Waals surface area contributed by atoms with Crippen molar-refractivity contribution in [3.63, 3.8) is 0 Å². The normalized spacial score (nSPS) is 19.7. The van der Waals surface area contributed by atoms with Crippen LogP contribution in [0.4, 0.5) is 5.82 Å². The van der Waals surface area contributed by atoms with Crippen LogP contribution in [0.1, 0.15) is 48.6 Å². The molecule has 0 atom stereocenters. The average molecular weight is 384 g/mol. The molecular formula is C19H20N4O3S. The molecule has 0 unspecified atom stereocenters. The van der Waals surface area contributed by atoms with Crippen LogP contribution in [-0.2, 0) is 9.53 Å². The average Bonchev–Trinajstić information content (AvgIpc) is 3.11. The van der Waals surface area contributed by atoms with Gasteiger partial charge in [-0.05, 0) is 36.6 Å². The molecule has 7 nitrogen and oxygen atoms in total. The number of anilines is 1. The van der Waals surface area contributed by atoms with Gasteiger partial charge in [-0.25, -0.2) is 0 Å². The van der Waals surface area contributed by atoms with Gasteiger partial charge in [-0.3, -0.25) is 9.59 Å². The van der Waals surface area contributed by atoms with E-state index in [4.69, 9.17) is 10.5 Å². The third-order valence-corrected chi connectivity index (χ3v) is 6.03. The molecule has 0 amide bonds. The zero-order valence-electron chi connectivity index (χ0n) is 15.0. The summed E-state index contributed by atoms with van der Waals surface area (Å²) in [4.78, 5) is 28.9. The van der Waals surface area contributed by atoms with Gasteiger partial charge in [0, 0.05) is 5.92 Å². The van der Waals surface area contributed by atoms with E-state index in [0.717, 1.165) is 17.8 Å². The first-order valence-electron chi connectivity index (χ1n) is 8.96. The van der Waals surface area contributed by atoms with E-state index in [1.165, 1.54) is 43.8 Å². The lowest BCUT2D eigenvalue weighted by Crippen LogP contribution is -2.17. The maximum atomic E-state index is 12.5. The van der Waals surface area contributed by atoms with Crippen LogP contribution in [0.25, 0.3) is 11.0 Å². The van der Waals surface area contributed by atoms with Gasteiger partial charge in [0.25, 0.3) is 5.56 Å². The fourth-order valence-corrected chi connectivity index (χ4v) is 4.55. The standard InChI is InChI=1S/C19H20N4O3S/c1-26-15-10-11(7-8-14(15)24)9-13-16(20)23-19(21-17(13)25)27-18(22-23)12-5-3-2-4-6-12/h7-10,12H,2-6,20H2,1H3. The number of hydrogen-bond donors (Lipinski definition) is 1. The van der Waals surface area contributed by atoms with Crippen molar-refractivity contribution < 1.29 is 9.53 Å². The lowest BCUT2D eigenvalue weighted by Gasteiger charge is -2.18. The van der Waals surface area contributed by atoms with Crippen LogP contribution in [-0.4, -0.2) is 27.5 Å². The molecule has 2 heterocycles. The van der Waals surface area contributed by atoms with Gasteiger partial charge in [0.15, 0.2) is 5.76 Å². The summed E-state index contributed by atoms with van der Waals surface area (Å²) in [6.07, 6.45) is 12.1. The van der Waals surface area contributed by atoms with Crippen LogP contribution in [0.2, 0.25) is 0 Å². The number of hydrogen-bond acceptors (Lipinski definition) is 7. The van der Waals surface area contributed by atoms with Gasteiger partial charge >= 0.3 is 0 Å². The van der Waals surface area contributed by atoms with Crippen molar-refractivity contribution in [2.45, 2.75) is 38.0 Å². The van der Waals surface area contributed by atoms with E-state index in [0.29, 0.717) is 16.5 Å². The second-order valence-electron chi connectivity index (χ2n) is 6.74. The van der Waals surface area contributed by atoms with Gasteiger partial charge in [0.05, 0.1) is 12.7 Å². The summed E-state index contributed by atoms with van der Waals surface area (Å²) in [6, 6.07) is 0. The smallest absolute Gasteiger partial charge is 0.283 e. The Morgan fingerprint density at radius 3 is 2.78 bits per heavy atom. The minimum Gasteiger partial charge on any atom is -0.493 e. The van der Waals surface area contributed by atoms with Gasteiger partial charge in [-0.2, -0.15) is 14.6 Å². The quantitative estimate of drug-likeness (QED) is 0.873.